The van der Waals surface area contributed by atoms with Crippen LogP contribution in [0.3, 0.4) is 0 Å². The van der Waals surface area contributed by atoms with E-state index < -0.39 is 36.0 Å². The maximum absolute atomic E-state index is 13.6. The van der Waals surface area contributed by atoms with Crippen LogP contribution < -0.4 is 20.1 Å². The number of nitrogens with zero attached hydrogens (tertiary/aromatic N) is 3. The highest BCUT2D eigenvalue weighted by atomic mass is 19.4. The Labute approximate surface area is 252 Å². The number of hydrogen-bond donors (Lipinski definition) is 2. The topological polar surface area (TPSA) is 142 Å². The Morgan fingerprint density at radius 2 is 1.73 bits per heavy atom. The minimum Gasteiger partial charge on any atom is -0.483 e. The van der Waals surface area contributed by atoms with Crippen molar-refractivity contribution in [3.05, 3.63) is 77.8 Å². The number of nitrogens with one attached hydrogen (secondary N) is 2. The molecule has 0 unspecified atom stereocenters. The van der Waals surface area contributed by atoms with Gasteiger partial charge < -0.3 is 29.0 Å². The van der Waals surface area contributed by atoms with Crippen LogP contribution in [0, 0.1) is 5.82 Å². The zero-order valence-electron chi connectivity index (χ0n) is 24.2. The smallest absolute Gasteiger partial charge is 0.422 e. The Bertz CT molecular complexity index is 1870. The SMILES string of the molecule is CNC(=O)c1c(-c2ccc(F)cc2)oc2cc(OCC(F)(F)F)c(-c3cnc(OC)c(C(=O)NC(C)(C)c4ncon4)c3)cc12. The third kappa shape index (κ3) is 6.41. The van der Waals surface area contributed by atoms with Gasteiger partial charge >= 0.3 is 6.18 Å². The molecule has 234 valence electrons. The maximum Gasteiger partial charge on any atom is 0.422 e. The number of furan rings is 1. The highest BCUT2D eigenvalue weighted by Crippen LogP contribution is 2.41. The lowest BCUT2D eigenvalue weighted by atomic mass is 9.98. The Morgan fingerprint density at radius 1 is 1.00 bits per heavy atom. The maximum atomic E-state index is 13.6. The first-order chi connectivity index (χ1) is 21.3. The van der Waals surface area contributed by atoms with Gasteiger partial charge in [0.2, 0.25) is 12.3 Å². The van der Waals surface area contributed by atoms with Crippen molar-refractivity contribution in [2.75, 3.05) is 20.8 Å². The summed E-state index contributed by atoms with van der Waals surface area (Å²) in [6, 6.07) is 9.11. The number of carbonyl (C=O) groups excluding carboxylic acids is 2. The number of aromatic nitrogens is 3. The van der Waals surface area contributed by atoms with Crippen LogP contribution in [0.5, 0.6) is 11.6 Å². The fourth-order valence-electron chi connectivity index (χ4n) is 4.56. The van der Waals surface area contributed by atoms with Gasteiger partial charge in [0, 0.05) is 41.4 Å². The lowest BCUT2D eigenvalue weighted by Crippen LogP contribution is -2.42. The van der Waals surface area contributed by atoms with Gasteiger partial charge in [-0.05, 0) is 50.2 Å². The van der Waals surface area contributed by atoms with E-state index in [1.807, 2.05) is 0 Å². The highest BCUT2D eigenvalue weighted by molar-refractivity contribution is 6.12. The summed E-state index contributed by atoms with van der Waals surface area (Å²) in [5, 5.41) is 9.25. The molecule has 0 fully saturated rings. The van der Waals surface area contributed by atoms with Crippen molar-refractivity contribution < 1.29 is 45.6 Å². The van der Waals surface area contributed by atoms with Crippen molar-refractivity contribution in [1.82, 2.24) is 25.8 Å². The Kier molecular flexibility index (Phi) is 8.19. The van der Waals surface area contributed by atoms with Crippen molar-refractivity contribution in [2.24, 2.45) is 0 Å². The van der Waals surface area contributed by atoms with Gasteiger partial charge in [0.15, 0.2) is 12.4 Å². The van der Waals surface area contributed by atoms with E-state index in [1.165, 1.54) is 62.8 Å². The molecule has 15 heteroatoms. The van der Waals surface area contributed by atoms with E-state index in [9.17, 15) is 27.2 Å². The summed E-state index contributed by atoms with van der Waals surface area (Å²) < 4.78 is 74.7. The van der Waals surface area contributed by atoms with Gasteiger partial charge in [0.1, 0.15) is 28.5 Å². The Balaban J connectivity index is 1.68. The van der Waals surface area contributed by atoms with Crippen molar-refractivity contribution >= 4 is 22.8 Å². The van der Waals surface area contributed by atoms with E-state index in [1.54, 1.807) is 13.8 Å². The van der Waals surface area contributed by atoms with Crippen LogP contribution in [-0.2, 0) is 5.54 Å². The standard InChI is InChI=1S/C30H25F4N5O6/c1-29(2,28-37-14-44-39-28)38-25(40)20-9-16(12-36-27(20)42-4)18-10-19-22(11-21(18)43-13-30(32,33)34)45-24(23(19)26(41)35-3)15-5-7-17(31)8-6-15/h5-12,14H,13H2,1-4H3,(H,35,41)(H,38,40). The molecule has 5 rings (SSSR count). The molecule has 0 saturated heterocycles. The largest absolute Gasteiger partial charge is 0.483 e. The van der Waals surface area contributed by atoms with Crippen LogP contribution in [0.2, 0.25) is 0 Å². The predicted octanol–water partition coefficient (Wildman–Crippen LogP) is 5.66. The molecule has 0 spiro atoms. The number of fused-ring (bicyclic) bond motifs is 1. The number of pyridine rings is 1. The first kappa shape index (κ1) is 31.0. The molecule has 11 nitrogen and oxygen atoms in total. The monoisotopic (exact) mass is 627 g/mol. The van der Waals surface area contributed by atoms with E-state index in [2.05, 4.69) is 25.8 Å². The molecule has 0 radical (unpaired) electrons. The summed E-state index contributed by atoms with van der Waals surface area (Å²) in [6.07, 6.45) is -2.30. The molecule has 0 aliphatic carbocycles. The minimum absolute atomic E-state index is 0.0233. The third-order valence-electron chi connectivity index (χ3n) is 6.69. The number of alkyl halides is 3. The van der Waals surface area contributed by atoms with E-state index >= 15 is 0 Å². The highest BCUT2D eigenvalue weighted by Gasteiger charge is 2.32. The van der Waals surface area contributed by atoms with Crippen LogP contribution >= 0.6 is 0 Å². The second kappa shape index (κ2) is 11.9. The molecule has 0 saturated carbocycles. The molecule has 3 aromatic heterocycles. The first-order valence-electron chi connectivity index (χ1n) is 13.2. The average molecular weight is 628 g/mol. The summed E-state index contributed by atoms with van der Waals surface area (Å²) in [5.41, 5.74) is -0.533. The normalized spacial score (nSPS) is 11.8. The second-order valence-electron chi connectivity index (χ2n) is 10.3. The summed E-state index contributed by atoms with van der Waals surface area (Å²) in [4.78, 5) is 34.7. The molecule has 0 bridgehead atoms. The zero-order valence-corrected chi connectivity index (χ0v) is 24.2. The van der Waals surface area contributed by atoms with Gasteiger partial charge in [0.25, 0.3) is 11.8 Å². The van der Waals surface area contributed by atoms with Crippen molar-refractivity contribution in [1.29, 1.82) is 0 Å². The molecule has 0 aliphatic rings. The number of methoxy groups -OCH3 is 1. The van der Waals surface area contributed by atoms with Crippen LogP contribution in [-0.4, -0.2) is 53.9 Å². The van der Waals surface area contributed by atoms with Gasteiger partial charge in [-0.2, -0.15) is 18.2 Å². The van der Waals surface area contributed by atoms with Gasteiger partial charge in [-0.25, -0.2) is 9.37 Å². The summed E-state index contributed by atoms with van der Waals surface area (Å²) in [7, 11) is 2.69. The van der Waals surface area contributed by atoms with Gasteiger partial charge in [0.05, 0.1) is 18.2 Å². The summed E-state index contributed by atoms with van der Waals surface area (Å²) in [5.74, 6) is -1.86. The van der Waals surface area contributed by atoms with Gasteiger partial charge in [-0.1, -0.05) is 5.16 Å². The van der Waals surface area contributed by atoms with E-state index in [0.717, 1.165) is 6.39 Å². The van der Waals surface area contributed by atoms with Crippen LogP contribution in [0.4, 0.5) is 17.6 Å². The first-order valence-corrected chi connectivity index (χ1v) is 13.2. The molecule has 45 heavy (non-hydrogen) atoms. The summed E-state index contributed by atoms with van der Waals surface area (Å²) in [6.45, 7) is 1.62. The molecule has 2 amide bonds. The Morgan fingerprint density at radius 3 is 2.36 bits per heavy atom. The zero-order chi connectivity index (χ0) is 32.5. The van der Waals surface area contributed by atoms with Crippen molar-refractivity contribution in [3.63, 3.8) is 0 Å². The second-order valence-corrected chi connectivity index (χ2v) is 10.3. The summed E-state index contributed by atoms with van der Waals surface area (Å²) >= 11 is 0. The lowest BCUT2D eigenvalue weighted by Gasteiger charge is -2.23. The van der Waals surface area contributed by atoms with Gasteiger partial charge in [-0.3, -0.25) is 9.59 Å². The van der Waals surface area contributed by atoms with Crippen LogP contribution in [0.15, 0.2) is 64.0 Å². The van der Waals surface area contributed by atoms with Crippen molar-refractivity contribution in [2.45, 2.75) is 25.6 Å². The van der Waals surface area contributed by atoms with Crippen LogP contribution in [0.1, 0.15) is 40.4 Å². The van der Waals surface area contributed by atoms with E-state index in [4.69, 9.17) is 18.4 Å². The number of ether oxygens (including phenoxy) is 2. The molecule has 5 aromatic rings. The predicted molar refractivity (Wildman–Crippen MR) is 151 cm³/mol. The molecule has 2 N–H and O–H groups in total. The molecule has 0 atom stereocenters. The number of hydrogen-bond acceptors (Lipinski definition) is 9. The quantitative estimate of drug-likeness (QED) is 0.198. The number of rotatable bonds is 9. The van der Waals surface area contributed by atoms with Crippen molar-refractivity contribution in [3.8, 4) is 34.1 Å². The number of carbonyl (C=O) groups is 2. The fraction of sp³-hybridized carbons (Fsp3) is 0.233. The number of amides is 2. The third-order valence-corrected chi connectivity index (χ3v) is 6.69. The number of benzene rings is 2. The fourth-order valence-corrected chi connectivity index (χ4v) is 4.56. The molecule has 3 heterocycles. The molecule has 0 aliphatic heterocycles. The van der Waals surface area contributed by atoms with E-state index in [0.29, 0.717) is 5.56 Å². The van der Waals surface area contributed by atoms with Gasteiger partial charge in [-0.15, -0.1) is 0 Å². The molecule has 2 aromatic carbocycles. The Hall–Kier alpha value is -5.47. The van der Waals surface area contributed by atoms with Crippen LogP contribution in [0.25, 0.3) is 33.4 Å². The minimum atomic E-state index is -4.69. The molecular formula is C30H25F4N5O6. The average Bonchev–Trinajstić information content (AvgIpc) is 3.68. The molecular weight excluding hydrogens is 602 g/mol. The lowest BCUT2D eigenvalue weighted by molar-refractivity contribution is -0.153. The van der Waals surface area contributed by atoms with E-state index in [-0.39, 0.29) is 56.4 Å². The number of halogens is 4.